The van der Waals surface area contributed by atoms with Crippen LogP contribution in [0.2, 0.25) is 0 Å². The fourth-order valence-electron chi connectivity index (χ4n) is 1.70. The van der Waals surface area contributed by atoms with E-state index in [4.69, 9.17) is 5.84 Å². The van der Waals surface area contributed by atoms with E-state index < -0.39 is 0 Å². The number of hydrazine groups is 1. The Labute approximate surface area is 84.1 Å². The molecule has 1 aliphatic rings. The van der Waals surface area contributed by atoms with E-state index in [0.717, 1.165) is 0 Å². The maximum absolute atomic E-state index is 5.31. The van der Waals surface area contributed by atoms with Gasteiger partial charge < -0.3 is 10.3 Å². The van der Waals surface area contributed by atoms with Gasteiger partial charge in [0, 0.05) is 31.0 Å². The summed E-state index contributed by atoms with van der Waals surface area (Å²) in [4.78, 5) is 6.38. The summed E-state index contributed by atoms with van der Waals surface area (Å²) in [5, 5.41) is 0. The number of nitrogens with one attached hydrogen (secondary N) is 1. The second-order valence-electron chi connectivity index (χ2n) is 3.74. The second-order valence-corrected chi connectivity index (χ2v) is 3.74. The van der Waals surface area contributed by atoms with Crippen LogP contribution in [-0.4, -0.2) is 18.1 Å². The van der Waals surface area contributed by atoms with Gasteiger partial charge in [-0.05, 0) is 25.3 Å². The van der Waals surface area contributed by atoms with E-state index in [1.807, 2.05) is 12.1 Å². The molecule has 1 saturated carbocycles. The predicted molar refractivity (Wildman–Crippen MR) is 58.1 cm³/mol. The molecule has 4 heteroatoms. The molecule has 0 unspecified atom stereocenters. The molecule has 0 bridgehead atoms. The quantitative estimate of drug-likeness (QED) is 0.561. The molecule has 1 fully saturated rings. The van der Waals surface area contributed by atoms with Gasteiger partial charge in [-0.15, -0.1) is 0 Å². The zero-order chi connectivity index (χ0) is 9.97. The van der Waals surface area contributed by atoms with Crippen LogP contribution in [0.25, 0.3) is 0 Å². The highest BCUT2D eigenvalue weighted by molar-refractivity contribution is 5.53. The fourth-order valence-corrected chi connectivity index (χ4v) is 1.70. The van der Waals surface area contributed by atoms with Crippen molar-refractivity contribution in [2.75, 3.05) is 17.4 Å². The van der Waals surface area contributed by atoms with Crippen molar-refractivity contribution in [2.45, 2.75) is 25.3 Å². The lowest BCUT2D eigenvalue weighted by Crippen LogP contribution is -2.37. The van der Waals surface area contributed by atoms with Crippen LogP contribution >= 0.6 is 0 Å². The van der Waals surface area contributed by atoms with Crippen LogP contribution in [-0.2, 0) is 0 Å². The van der Waals surface area contributed by atoms with Crippen molar-refractivity contribution in [3.05, 3.63) is 18.3 Å². The minimum Gasteiger partial charge on any atom is -0.371 e. The van der Waals surface area contributed by atoms with Crippen LogP contribution in [0.15, 0.2) is 18.3 Å². The third-order valence-corrected chi connectivity index (χ3v) is 2.92. The minimum atomic E-state index is 0.697. The number of rotatable bonds is 3. The number of hydrogen-bond donors (Lipinski definition) is 2. The van der Waals surface area contributed by atoms with E-state index in [1.165, 1.54) is 24.9 Å². The molecule has 1 aromatic heterocycles. The number of nitrogens with two attached hydrogens (primary N) is 1. The highest BCUT2D eigenvalue weighted by Crippen LogP contribution is 2.28. The van der Waals surface area contributed by atoms with Crippen molar-refractivity contribution in [3.8, 4) is 0 Å². The summed E-state index contributed by atoms with van der Waals surface area (Å²) < 4.78 is 0. The summed E-state index contributed by atoms with van der Waals surface area (Å²) in [6, 6.07) is 4.68. The van der Waals surface area contributed by atoms with Gasteiger partial charge in [-0.25, -0.2) is 10.8 Å². The zero-order valence-corrected chi connectivity index (χ0v) is 8.40. The average Bonchev–Trinajstić information content (AvgIpc) is 2.15. The fraction of sp³-hybridized carbons (Fsp3) is 0.500. The van der Waals surface area contributed by atoms with Crippen LogP contribution in [0, 0.1) is 0 Å². The third-order valence-electron chi connectivity index (χ3n) is 2.92. The van der Waals surface area contributed by atoms with E-state index in [9.17, 15) is 0 Å². The molecule has 1 heterocycles. The number of hydrogen-bond acceptors (Lipinski definition) is 4. The molecule has 0 aromatic carbocycles. The molecule has 0 aliphatic heterocycles. The van der Waals surface area contributed by atoms with E-state index in [0.29, 0.717) is 11.9 Å². The Kier molecular flexibility index (Phi) is 2.54. The Hall–Kier alpha value is -1.29. The Morgan fingerprint density at radius 3 is 2.93 bits per heavy atom. The Morgan fingerprint density at radius 2 is 2.36 bits per heavy atom. The summed E-state index contributed by atoms with van der Waals surface area (Å²) in [5.41, 5.74) is 3.74. The van der Waals surface area contributed by atoms with Crippen molar-refractivity contribution in [3.63, 3.8) is 0 Å². The van der Waals surface area contributed by atoms with Gasteiger partial charge in [-0.1, -0.05) is 0 Å². The molecule has 1 aromatic rings. The van der Waals surface area contributed by atoms with Crippen molar-refractivity contribution < 1.29 is 0 Å². The van der Waals surface area contributed by atoms with Crippen LogP contribution in [0.4, 0.5) is 11.5 Å². The van der Waals surface area contributed by atoms with Gasteiger partial charge in [-0.2, -0.15) is 0 Å². The number of nitrogens with zero attached hydrogens (tertiary/aromatic N) is 2. The molecule has 0 atom stereocenters. The smallest absolute Gasteiger partial charge is 0.141 e. The molecule has 1 aliphatic carbocycles. The monoisotopic (exact) mass is 192 g/mol. The first-order valence-corrected chi connectivity index (χ1v) is 4.97. The average molecular weight is 192 g/mol. The summed E-state index contributed by atoms with van der Waals surface area (Å²) in [7, 11) is 2.12. The van der Waals surface area contributed by atoms with Crippen LogP contribution < -0.4 is 16.2 Å². The Balaban J connectivity index is 2.13. The lowest BCUT2D eigenvalue weighted by Gasteiger charge is -2.36. The highest BCUT2D eigenvalue weighted by atomic mass is 15.3. The third kappa shape index (κ3) is 1.65. The molecule has 76 valence electrons. The molecule has 14 heavy (non-hydrogen) atoms. The molecular weight excluding hydrogens is 176 g/mol. The first-order valence-electron chi connectivity index (χ1n) is 4.97. The standard InChI is InChI=1S/C10H16N4/c1-14(8-3-2-4-8)9-5-6-12-10(7-9)13-11/h5-8H,2-4,11H2,1H3,(H,12,13). The topological polar surface area (TPSA) is 54.2 Å². The molecule has 0 saturated heterocycles. The lowest BCUT2D eigenvalue weighted by molar-refractivity contribution is 0.401. The number of anilines is 2. The molecule has 2 rings (SSSR count). The summed E-state index contributed by atoms with van der Waals surface area (Å²) in [6.07, 6.45) is 5.72. The summed E-state index contributed by atoms with van der Waals surface area (Å²) in [6.45, 7) is 0. The van der Waals surface area contributed by atoms with E-state index in [1.54, 1.807) is 6.20 Å². The van der Waals surface area contributed by atoms with E-state index in [-0.39, 0.29) is 0 Å². The maximum atomic E-state index is 5.31. The first-order chi connectivity index (χ1) is 6.81. The first kappa shape index (κ1) is 9.27. The van der Waals surface area contributed by atoms with Gasteiger partial charge in [-0.3, -0.25) is 0 Å². The zero-order valence-electron chi connectivity index (χ0n) is 8.40. The van der Waals surface area contributed by atoms with Gasteiger partial charge in [0.05, 0.1) is 0 Å². The van der Waals surface area contributed by atoms with Gasteiger partial charge in [0.15, 0.2) is 0 Å². The van der Waals surface area contributed by atoms with Crippen molar-refractivity contribution in [1.82, 2.24) is 4.98 Å². The molecule has 0 amide bonds. The second kappa shape index (κ2) is 3.84. The highest BCUT2D eigenvalue weighted by Gasteiger charge is 2.22. The molecule has 3 N–H and O–H groups in total. The summed E-state index contributed by atoms with van der Waals surface area (Å²) in [5.74, 6) is 6.03. The summed E-state index contributed by atoms with van der Waals surface area (Å²) >= 11 is 0. The van der Waals surface area contributed by atoms with Gasteiger partial charge >= 0.3 is 0 Å². The normalized spacial score (nSPS) is 16.1. The number of pyridine rings is 1. The van der Waals surface area contributed by atoms with Gasteiger partial charge in [0.25, 0.3) is 0 Å². The maximum Gasteiger partial charge on any atom is 0.141 e. The van der Waals surface area contributed by atoms with Crippen molar-refractivity contribution >= 4 is 11.5 Å². The number of aromatic nitrogens is 1. The van der Waals surface area contributed by atoms with E-state index in [2.05, 4.69) is 22.4 Å². The Bertz CT molecular complexity index is 309. The molecular formula is C10H16N4. The molecule has 0 spiro atoms. The molecule has 0 radical (unpaired) electrons. The van der Waals surface area contributed by atoms with Gasteiger partial charge in [0.2, 0.25) is 0 Å². The van der Waals surface area contributed by atoms with Crippen LogP contribution in [0.1, 0.15) is 19.3 Å². The predicted octanol–water partition coefficient (Wildman–Crippen LogP) is 1.36. The van der Waals surface area contributed by atoms with Crippen LogP contribution in [0.3, 0.4) is 0 Å². The van der Waals surface area contributed by atoms with Gasteiger partial charge in [0.1, 0.15) is 5.82 Å². The van der Waals surface area contributed by atoms with Crippen molar-refractivity contribution in [2.24, 2.45) is 5.84 Å². The lowest BCUT2D eigenvalue weighted by atomic mass is 9.91. The van der Waals surface area contributed by atoms with Crippen LogP contribution in [0.5, 0.6) is 0 Å². The Morgan fingerprint density at radius 1 is 1.57 bits per heavy atom. The van der Waals surface area contributed by atoms with Crippen molar-refractivity contribution in [1.29, 1.82) is 0 Å². The van der Waals surface area contributed by atoms with E-state index >= 15 is 0 Å². The minimum absolute atomic E-state index is 0.697. The SMILES string of the molecule is CN(c1ccnc(NN)c1)C1CCC1. The molecule has 4 nitrogen and oxygen atoms in total. The largest absolute Gasteiger partial charge is 0.371 e. The number of nitrogen functional groups attached to an aromatic ring is 1.